The highest BCUT2D eigenvalue weighted by Crippen LogP contribution is 2.26. The van der Waals surface area contributed by atoms with Gasteiger partial charge in [0.15, 0.2) is 0 Å². The lowest BCUT2D eigenvalue weighted by Gasteiger charge is -2.05. The summed E-state index contributed by atoms with van der Waals surface area (Å²) in [5.74, 6) is 0. The molecule has 1 aromatic carbocycles. The van der Waals surface area contributed by atoms with Gasteiger partial charge in [-0.15, -0.1) is 11.3 Å². The molecule has 2 heteroatoms. The summed E-state index contributed by atoms with van der Waals surface area (Å²) >= 11 is 1.70. The molecule has 0 spiro atoms. The zero-order valence-electron chi connectivity index (χ0n) is 8.66. The van der Waals surface area contributed by atoms with Crippen molar-refractivity contribution < 1.29 is 0 Å². The summed E-state index contributed by atoms with van der Waals surface area (Å²) in [5, 5.41) is 3.25. The van der Waals surface area contributed by atoms with Gasteiger partial charge in [-0.05, 0) is 31.9 Å². The van der Waals surface area contributed by atoms with Gasteiger partial charge in [0.05, 0.1) is 10.7 Å². The highest BCUT2D eigenvalue weighted by Gasteiger charge is 2.05. The van der Waals surface area contributed by atoms with Crippen LogP contribution in [0.4, 0.5) is 0 Å². The Morgan fingerprint density at radius 2 is 1.93 bits per heavy atom. The molecule has 1 heterocycles. The summed E-state index contributed by atoms with van der Waals surface area (Å²) in [6, 6.07) is 6.36. The second kappa shape index (κ2) is 3.54. The molecule has 2 rings (SSSR count). The summed E-state index contributed by atoms with van der Waals surface area (Å²) in [5.41, 5.74) is 5.02. The number of nitrogens with zero attached hydrogens (tertiary/aromatic N) is 1. The van der Waals surface area contributed by atoms with Crippen molar-refractivity contribution in [3.05, 3.63) is 39.7 Å². The van der Waals surface area contributed by atoms with Gasteiger partial charge in [0.1, 0.15) is 0 Å². The highest BCUT2D eigenvalue weighted by molar-refractivity contribution is 7.09. The second-order valence-corrected chi connectivity index (χ2v) is 4.56. The van der Waals surface area contributed by atoms with Crippen LogP contribution in [0.5, 0.6) is 0 Å². The standard InChI is InChI=1S/C12H13NS/c1-8-5-4-6-11(9(8)2)12-7-14-10(3)13-12/h4-7H,1-3H3. The molecule has 1 nitrogen and oxygen atoms in total. The van der Waals surface area contributed by atoms with Crippen LogP contribution in [-0.4, -0.2) is 4.98 Å². The van der Waals surface area contributed by atoms with Gasteiger partial charge in [-0.25, -0.2) is 4.98 Å². The molecular formula is C12H13NS. The molecule has 0 atom stereocenters. The number of aryl methyl sites for hydroxylation is 2. The SMILES string of the molecule is Cc1nc(-c2cccc(C)c2C)cs1. The van der Waals surface area contributed by atoms with E-state index in [0.717, 1.165) is 10.7 Å². The van der Waals surface area contributed by atoms with E-state index < -0.39 is 0 Å². The Labute approximate surface area is 88.4 Å². The first-order chi connectivity index (χ1) is 6.68. The zero-order chi connectivity index (χ0) is 10.1. The summed E-state index contributed by atoms with van der Waals surface area (Å²) in [6.07, 6.45) is 0. The smallest absolute Gasteiger partial charge is 0.0901 e. The molecule has 0 radical (unpaired) electrons. The first-order valence-corrected chi connectivity index (χ1v) is 5.55. The van der Waals surface area contributed by atoms with E-state index in [-0.39, 0.29) is 0 Å². The topological polar surface area (TPSA) is 12.9 Å². The largest absolute Gasteiger partial charge is 0.242 e. The van der Waals surface area contributed by atoms with Crippen LogP contribution in [0, 0.1) is 20.8 Å². The minimum absolute atomic E-state index is 1.11. The van der Waals surface area contributed by atoms with Crippen molar-refractivity contribution in [2.75, 3.05) is 0 Å². The predicted molar refractivity (Wildman–Crippen MR) is 61.8 cm³/mol. The third-order valence-electron chi connectivity index (χ3n) is 2.50. The van der Waals surface area contributed by atoms with Gasteiger partial charge in [0, 0.05) is 10.9 Å². The Kier molecular flexibility index (Phi) is 2.38. The first kappa shape index (κ1) is 9.41. The minimum Gasteiger partial charge on any atom is -0.242 e. The maximum absolute atomic E-state index is 4.50. The van der Waals surface area contributed by atoms with Crippen LogP contribution in [0.3, 0.4) is 0 Å². The van der Waals surface area contributed by atoms with E-state index in [0.29, 0.717) is 0 Å². The average Bonchev–Trinajstić information content (AvgIpc) is 2.57. The second-order valence-electron chi connectivity index (χ2n) is 3.50. The third kappa shape index (κ3) is 1.58. The summed E-state index contributed by atoms with van der Waals surface area (Å²) in [7, 11) is 0. The average molecular weight is 203 g/mol. The van der Waals surface area contributed by atoms with E-state index in [9.17, 15) is 0 Å². The van der Waals surface area contributed by atoms with Crippen molar-refractivity contribution in [3.8, 4) is 11.3 Å². The maximum atomic E-state index is 4.50. The number of aromatic nitrogens is 1. The Hall–Kier alpha value is -1.15. The molecule has 0 fully saturated rings. The van der Waals surface area contributed by atoms with Gasteiger partial charge in [-0.3, -0.25) is 0 Å². The van der Waals surface area contributed by atoms with Crippen LogP contribution in [0.2, 0.25) is 0 Å². The molecule has 0 bridgehead atoms. The lowest BCUT2D eigenvalue weighted by atomic mass is 10.0. The van der Waals surface area contributed by atoms with E-state index in [1.165, 1.54) is 16.7 Å². The van der Waals surface area contributed by atoms with Crippen LogP contribution in [0.15, 0.2) is 23.6 Å². The molecule has 1 aromatic heterocycles. The normalized spacial score (nSPS) is 10.5. The van der Waals surface area contributed by atoms with Crippen LogP contribution in [0.25, 0.3) is 11.3 Å². The molecule has 2 aromatic rings. The van der Waals surface area contributed by atoms with Crippen molar-refractivity contribution >= 4 is 11.3 Å². The van der Waals surface area contributed by atoms with Crippen LogP contribution in [0.1, 0.15) is 16.1 Å². The van der Waals surface area contributed by atoms with Crippen molar-refractivity contribution in [1.29, 1.82) is 0 Å². The van der Waals surface area contributed by atoms with Gasteiger partial charge >= 0.3 is 0 Å². The molecule has 14 heavy (non-hydrogen) atoms. The summed E-state index contributed by atoms with van der Waals surface area (Å²) in [6.45, 7) is 6.33. The van der Waals surface area contributed by atoms with Crippen LogP contribution >= 0.6 is 11.3 Å². The van der Waals surface area contributed by atoms with E-state index in [2.05, 4.69) is 42.4 Å². The number of thiazole rings is 1. The van der Waals surface area contributed by atoms with E-state index in [1.54, 1.807) is 11.3 Å². The molecule has 0 N–H and O–H groups in total. The molecule has 0 aliphatic carbocycles. The summed E-state index contributed by atoms with van der Waals surface area (Å²) < 4.78 is 0. The van der Waals surface area contributed by atoms with Gasteiger partial charge in [0.2, 0.25) is 0 Å². The van der Waals surface area contributed by atoms with E-state index in [1.807, 2.05) is 6.92 Å². The Balaban J connectivity index is 2.57. The lowest BCUT2D eigenvalue weighted by molar-refractivity contribution is 1.27. The monoisotopic (exact) mass is 203 g/mol. The van der Waals surface area contributed by atoms with Crippen molar-refractivity contribution in [1.82, 2.24) is 4.98 Å². The van der Waals surface area contributed by atoms with E-state index >= 15 is 0 Å². The van der Waals surface area contributed by atoms with Gasteiger partial charge in [-0.2, -0.15) is 0 Å². The molecule has 0 saturated heterocycles. The lowest BCUT2D eigenvalue weighted by Crippen LogP contribution is -1.86. The molecule has 0 saturated carbocycles. The molecule has 0 aliphatic rings. The molecular weight excluding hydrogens is 190 g/mol. The van der Waals surface area contributed by atoms with Gasteiger partial charge < -0.3 is 0 Å². The Morgan fingerprint density at radius 3 is 2.57 bits per heavy atom. The van der Waals surface area contributed by atoms with Crippen molar-refractivity contribution in [2.24, 2.45) is 0 Å². The fraction of sp³-hybridized carbons (Fsp3) is 0.250. The predicted octanol–water partition coefficient (Wildman–Crippen LogP) is 3.74. The molecule has 72 valence electrons. The van der Waals surface area contributed by atoms with Crippen molar-refractivity contribution in [2.45, 2.75) is 20.8 Å². The van der Waals surface area contributed by atoms with Gasteiger partial charge in [0.25, 0.3) is 0 Å². The number of benzene rings is 1. The zero-order valence-corrected chi connectivity index (χ0v) is 9.48. The van der Waals surface area contributed by atoms with Crippen LogP contribution in [-0.2, 0) is 0 Å². The minimum atomic E-state index is 1.11. The summed E-state index contributed by atoms with van der Waals surface area (Å²) in [4.78, 5) is 4.50. The Bertz CT molecular complexity index is 457. The van der Waals surface area contributed by atoms with Crippen molar-refractivity contribution in [3.63, 3.8) is 0 Å². The fourth-order valence-electron chi connectivity index (χ4n) is 1.52. The highest BCUT2D eigenvalue weighted by atomic mass is 32.1. The quantitative estimate of drug-likeness (QED) is 0.688. The third-order valence-corrected chi connectivity index (χ3v) is 3.27. The number of hydrogen-bond acceptors (Lipinski definition) is 2. The molecule has 0 amide bonds. The Morgan fingerprint density at radius 1 is 1.14 bits per heavy atom. The first-order valence-electron chi connectivity index (χ1n) is 4.67. The van der Waals surface area contributed by atoms with Gasteiger partial charge in [-0.1, -0.05) is 18.2 Å². The number of hydrogen-bond donors (Lipinski definition) is 0. The maximum Gasteiger partial charge on any atom is 0.0901 e. The molecule has 0 aliphatic heterocycles. The fourth-order valence-corrected chi connectivity index (χ4v) is 2.13. The van der Waals surface area contributed by atoms with Crippen LogP contribution < -0.4 is 0 Å². The van der Waals surface area contributed by atoms with E-state index in [4.69, 9.17) is 0 Å². The number of rotatable bonds is 1. The molecule has 0 unspecified atom stereocenters.